The summed E-state index contributed by atoms with van der Waals surface area (Å²) in [6.07, 6.45) is 4.89. The Morgan fingerprint density at radius 3 is 2.95 bits per heavy atom. The first-order valence-electron chi connectivity index (χ1n) is 7.17. The monoisotopic (exact) mass is 272 g/mol. The number of benzene rings is 1. The van der Waals surface area contributed by atoms with Crippen LogP contribution in [0.3, 0.4) is 0 Å². The third kappa shape index (κ3) is 2.72. The predicted octanol–water partition coefficient (Wildman–Crippen LogP) is 4.19. The zero-order valence-corrected chi connectivity index (χ0v) is 12.2. The van der Waals surface area contributed by atoms with E-state index in [1.807, 2.05) is 11.3 Å². The number of aromatic nitrogens is 1. The molecule has 2 aromatic rings. The number of hydrogen-bond acceptors (Lipinski definition) is 3. The van der Waals surface area contributed by atoms with Crippen LogP contribution in [0.2, 0.25) is 0 Å². The largest absolute Gasteiger partial charge is 0.309 e. The molecule has 0 saturated heterocycles. The molecule has 0 spiro atoms. The first-order valence-corrected chi connectivity index (χ1v) is 7.98. The molecule has 1 unspecified atom stereocenters. The van der Waals surface area contributed by atoms with Gasteiger partial charge in [-0.05, 0) is 32.2 Å². The first-order chi connectivity index (χ1) is 9.38. The maximum absolute atomic E-state index is 4.91. The number of nitrogens with zero attached hydrogens (tertiary/aromatic N) is 1. The highest BCUT2D eigenvalue weighted by Crippen LogP contribution is 2.36. The quantitative estimate of drug-likeness (QED) is 0.903. The topological polar surface area (TPSA) is 24.9 Å². The predicted molar refractivity (Wildman–Crippen MR) is 81.5 cm³/mol. The van der Waals surface area contributed by atoms with Gasteiger partial charge in [-0.25, -0.2) is 4.98 Å². The average molecular weight is 272 g/mol. The second-order valence-corrected chi connectivity index (χ2v) is 6.18. The fraction of sp³-hybridized carbons (Fsp3) is 0.438. The van der Waals surface area contributed by atoms with Gasteiger partial charge in [0.05, 0.1) is 11.7 Å². The van der Waals surface area contributed by atoms with Crippen LogP contribution in [0.15, 0.2) is 30.3 Å². The molecule has 1 N–H and O–H groups in total. The van der Waals surface area contributed by atoms with Crippen molar-refractivity contribution in [2.75, 3.05) is 6.54 Å². The van der Waals surface area contributed by atoms with Crippen LogP contribution in [0.1, 0.15) is 42.8 Å². The lowest BCUT2D eigenvalue weighted by Gasteiger charge is -2.22. The van der Waals surface area contributed by atoms with Crippen molar-refractivity contribution in [3.05, 3.63) is 40.9 Å². The van der Waals surface area contributed by atoms with Gasteiger partial charge in [0, 0.05) is 10.4 Å². The van der Waals surface area contributed by atoms with E-state index in [2.05, 4.69) is 42.6 Å². The Morgan fingerprint density at radius 2 is 2.16 bits per heavy atom. The lowest BCUT2D eigenvalue weighted by Crippen LogP contribution is -2.25. The van der Waals surface area contributed by atoms with Crippen LogP contribution in [0.4, 0.5) is 0 Å². The van der Waals surface area contributed by atoms with E-state index in [0.29, 0.717) is 6.04 Å². The van der Waals surface area contributed by atoms with Gasteiger partial charge in [-0.2, -0.15) is 0 Å². The van der Waals surface area contributed by atoms with Crippen LogP contribution in [-0.4, -0.2) is 11.5 Å². The maximum atomic E-state index is 4.91. The van der Waals surface area contributed by atoms with Crippen LogP contribution in [0.5, 0.6) is 0 Å². The van der Waals surface area contributed by atoms with Crippen molar-refractivity contribution in [3.8, 4) is 10.6 Å². The van der Waals surface area contributed by atoms with E-state index >= 15 is 0 Å². The van der Waals surface area contributed by atoms with Gasteiger partial charge in [-0.3, -0.25) is 0 Å². The highest BCUT2D eigenvalue weighted by Gasteiger charge is 2.24. The Morgan fingerprint density at radius 1 is 1.32 bits per heavy atom. The molecule has 0 fully saturated rings. The summed E-state index contributed by atoms with van der Waals surface area (Å²) >= 11 is 1.87. The van der Waals surface area contributed by atoms with E-state index in [4.69, 9.17) is 4.98 Å². The van der Waals surface area contributed by atoms with Crippen molar-refractivity contribution in [2.24, 2.45) is 0 Å². The Labute approximate surface area is 118 Å². The molecule has 0 amide bonds. The molecule has 3 heteroatoms. The van der Waals surface area contributed by atoms with Gasteiger partial charge in [0.25, 0.3) is 0 Å². The molecular weight excluding hydrogens is 252 g/mol. The van der Waals surface area contributed by atoms with Crippen molar-refractivity contribution in [1.29, 1.82) is 0 Å². The van der Waals surface area contributed by atoms with Crippen LogP contribution in [0.25, 0.3) is 10.6 Å². The van der Waals surface area contributed by atoms with Crippen LogP contribution >= 0.6 is 11.3 Å². The summed E-state index contributed by atoms with van der Waals surface area (Å²) < 4.78 is 0. The zero-order chi connectivity index (χ0) is 13.1. The molecule has 1 aromatic heterocycles. The molecule has 1 aliphatic carbocycles. The third-order valence-electron chi connectivity index (χ3n) is 3.62. The smallest absolute Gasteiger partial charge is 0.123 e. The SMILES string of the molecule is CCCNC1CCCc2sc(-c3ccccc3)nc21. The summed E-state index contributed by atoms with van der Waals surface area (Å²) in [5.41, 5.74) is 2.56. The average Bonchev–Trinajstić information content (AvgIpc) is 2.90. The van der Waals surface area contributed by atoms with Gasteiger partial charge >= 0.3 is 0 Å². The van der Waals surface area contributed by atoms with Crippen LogP contribution < -0.4 is 5.32 Å². The number of fused-ring (bicyclic) bond motifs is 1. The van der Waals surface area contributed by atoms with Gasteiger partial charge in [0.2, 0.25) is 0 Å². The molecular formula is C16H20N2S. The van der Waals surface area contributed by atoms with Crippen LogP contribution in [-0.2, 0) is 6.42 Å². The molecule has 19 heavy (non-hydrogen) atoms. The summed E-state index contributed by atoms with van der Waals surface area (Å²) in [6, 6.07) is 11.0. The molecule has 2 nitrogen and oxygen atoms in total. The van der Waals surface area contributed by atoms with E-state index in [0.717, 1.165) is 6.54 Å². The second kappa shape index (κ2) is 5.85. The number of hydrogen-bond donors (Lipinski definition) is 1. The Bertz CT molecular complexity index is 533. The lowest BCUT2D eigenvalue weighted by molar-refractivity contribution is 0.454. The number of nitrogens with one attached hydrogen (secondary N) is 1. The van der Waals surface area contributed by atoms with Gasteiger partial charge in [0.15, 0.2) is 0 Å². The summed E-state index contributed by atoms with van der Waals surface area (Å²) in [4.78, 5) is 6.40. The number of rotatable bonds is 4. The van der Waals surface area contributed by atoms with Gasteiger partial charge < -0.3 is 5.32 Å². The molecule has 1 heterocycles. The van der Waals surface area contributed by atoms with Crippen molar-refractivity contribution in [3.63, 3.8) is 0 Å². The molecule has 0 saturated carbocycles. The first kappa shape index (κ1) is 12.8. The standard InChI is InChI=1S/C16H20N2S/c1-2-11-17-13-9-6-10-14-15(13)18-16(19-14)12-7-4-3-5-8-12/h3-5,7-8,13,17H,2,6,9-11H2,1H3. The minimum atomic E-state index is 0.470. The molecule has 0 radical (unpaired) electrons. The van der Waals surface area contributed by atoms with Gasteiger partial charge in [-0.15, -0.1) is 11.3 Å². The molecule has 0 bridgehead atoms. The highest BCUT2D eigenvalue weighted by atomic mass is 32.1. The molecule has 1 aromatic carbocycles. The zero-order valence-electron chi connectivity index (χ0n) is 11.4. The third-order valence-corrected chi connectivity index (χ3v) is 4.80. The molecule has 1 atom stereocenters. The van der Waals surface area contributed by atoms with Gasteiger partial charge in [0.1, 0.15) is 5.01 Å². The Kier molecular flexibility index (Phi) is 3.95. The summed E-state index contributed by atoms with van der Waals surface area (Å²) in [7, 11) is 0. The van der Waals surface area contributed by atoms with Crippen molar-refractivity contribution < 1.29 is 0 Å². The van der Waals surface area contributed by atoms with E-state index in [9.17, 15) is 0 Å². The van der Waals surface area contributed by atoms with Crippen molar-refractivity contribution in [2.45, 2.75) is 38.6 Å². The van der Waals surface area contributed by atoms with Gasteiger partial charge in [-0.1, -0.05) is 37.3 Å². The fourth-order valence-corrected chi connectivity index (χ4v) is 3.81. The maximum Gasteiger partial charge on any atom is 0.123 e. The lowest BCUT2D eigenvalue weighted by atomic mass is 9.97. The Hall–Kier alpha value is -1.19. The Balaban J connectivity index is 1.89. The van der Waals surface area contributed by atoms with E-state index in [-0.39, 0.29) is 0 Å². The fourth-order valence-electron chi connectivity index (χ4n) is 2.64. The summed E-state index contributed by atoms with van der Waals surface area (Å²) in [5, 5.41) is 4.81. The van der Waals surface area contributed by atoms with E-state index in [1.165, 1.54) is 46.8 Å². The van der Waals surface area contributed by atoms with E-state index in [1.54, 1.807) is 0 Å². The minimum absolute atomic E-state index is 0.470. The summed E-state index contributed by atoms with van der Waals surface area (Å²) in [5.74, 6) is 0. The van der Waals surface area contributed by atoms with Crippen molar-refractivity contribution >= 4 is 11.3 Å². The van der Waals surface area contributed by atoms with Crippen molar-refractivity contribution in [1.82, 2.24) is 10.3 Å². The molecule has 1 aliphatic rings. The van der Waals surface area contributed by atoms with E-state index < -0.39 is 0 Å². The molecule has 100 valence electrons. The normalized spacial score (nSPS) is 18.3. The molecule has 0 aliphatic heterocycles. The minimum Gasteiger partial charge on any atom is -0.309 e. The number of aryl methyl sites for hydroxylation is 1. The van der Waals surface area contributed by atoms with Crippen LogP contribution in [0, 0.1) is 0 Å². The number of thiazole rings is 1. The highest BCUT2D eigenvalue weighted by molar-refractivity contribution is 7.15. The second-order valence-electron chi connectivity index (χ2n) is 5.09. The molecule has 3 rings (SSSR count). The summed E-state index contributed by atoms with van der Waals surface area (Å²) in [6.45, 7) is 3.30.